The lowest BCUT2D eigenvalue weighted by molar-refractivity contribution is -0.124. The Labute approximate surface area is 176 Å². The summed E-state index contributed by atoms with van der Waals surface area (Å²) in [5, 5.41) is 2.30. The number of carbonyl (C=O) groups excluding carboxylic acids is 1. The zero-order valence-electron chi connectivity index (χ0n) is 17.7. The first-order valence-electron chi connectivity index (χ1n) is 10.4. The third-order valence-electron chi connectivity index (χ3n) is 6.52. The second-order valence-corrected chi connectivity index (χ2v) is 8.45. The number of amides is 1. The molecule has 1 fully saturated rings. The highest BCUT2D eigenvalue weighted by atomic mass is 19.2. The van der Waals surface area contributed by atoms with Crippen LogP contribution in [0.1, 0.15) is 55.1 Å². The number of hydrogen-bond donors (Lipinski definition) is 1. The van der Waals surface area contributed by atoms with Crippen LogP contribution in [-0.4, -0.2) is 24.9 Å². The minimum atomic E-state index is -1.86. The van der Waals surface area contributed by atoms with Crippen molar-refractivity contribution in [3.8, 4) is 0 Å². The molecule has 1 atom stereocenters. The fourth-order valence-electron chi connectivity index (χ4n) is 4.58. The fraction of sp³-hybridized carbons (Fsp3) is 0.458. The third-order valence-corrected chi connectivity index (χ3v) is 6.52. The van der Waals surface area contributed by atoms with Crippen molar-refractivity contribution in [3.63, 3.8) is 0 Å². The number of alkyl halides is 1. The standard InChI is InChI=1S/C24H29F3N2O/c1-16-19(9-10-20(25)22(16)26)23(27)28-21(30)15-17-11-13-24(14-12-17,29(2)3)18-7-5-4-6-8-18/h4-10,17,23H,11-15H2,1-3H3,(H,28,30). The molecule has 1 aliphatic carbocycles. The lowest BCUT2D eigenvalue weighted by Crippen LogP contribution is -2.44. The van der Waals surface area contributed by atoms with E-state index >= 15 is 0 Å². The van der Waals surface area contributed by atoms with Crippen LogP contribution in [-0.2, 0) is 10.3 Å². The molecule has 1 N–H and O–H groups in total. The number of nitrogens with one attached hydrogen (secondary N) is 1. The van der Waals surface area contributed by atoms with Crippen LogP contribution in [0.4, 0.5) is 13.2 Å². The summed E-state index contributed by atoms with van der Waals surface area (Å²) >= 11 is 0. The van der Waals surface area contributed by atoms with Gasteiger partial charge in [0.1, 0.15) is 0 Å². The summed E-state index contributed by atoms with van der Waals surface area (Å²) in [7, 11) is 4.16. The summed E-state index contributed by atoms with van der Waals surface area (Å²) in [6.45, 7) is 1.30. The Bertz CT molecular complexity index is 878. The molecule has 1 unspecified atom stereocenters. The van der Waals surface area contributed by atoms with Gasteiger partial charge in [0.15, 0.2) is 17.9 Å². The van der Waals surface area contributed by atoms with Crippen LogP contribution in [0.15, 0.2) is 42.5 Å². The Morgan fingerprint density at radius 2 is 1.77 bits per heavy atom. The van der Waals surface area contributed by atoms with E-state index < -0.39 is 23.8 Å². The van der Waals surface area contributed by atoms with Gasteiger partial charge in [-0.05, 0) is 69.8 Å². The SMILES string of the molecule is Cc1c(C(F)NC(=O)CC2CCC(c3ccccc3)(N(C)C)CC2)ccc(F)c1F. The van der Waals surface area contributed by atoms with Crippen molar-refractivity contribution in [1.29, 1.82) is 0 Å². The number of halogens is 3. The van der Waals surface area contributed by atoms with Crippen LogP contribution in [0.3, 0.4) is 0 Å². The maximum Gasteiger partial charge on any atom is 0.222 e. The zero-order valence-corrected chi connectivity index (χ0v) is 17.7. The third kappa shape index (κ3) is 4.53. The first-order chi connectivity index (χ1) is 14.2. The van der Waals surface area contributed by atoms with Gasteiger partial charge in [0.25, 0.3) is 0 Å². The molecule has 3 nitrogen and oxygen atoms in total. The van der Waals surface area contributed by atoms with E-state index in [1.807, 2.05) is 18.2 Å². The minimum Gasteiger partial charge on any atom is -0.323 e. The predicted molar refractivity (Wildman–Crippen MR) is 111 cm³/mol. The zero-order chi connectivity index (χ0) is 21.9. The van der Waals surface area contributed by atoms with Crippen LogP contribution in [0.2, 0.25) is 0 Å². The van der Waals surface area contributed by atoms with E-state index in [2.05, 4.69) is 36.4 Å². The van der Waals surface area contributed by atoms with Crippen molar-refractivity contribution in [3.05, 3.63) is 70.8 Å². The van der Waals surface area contributed by atoms with Crippen LogP contribution in [0, 0.1) is 24.5 Å². The van der Waals surface area contributed by atoms with Crippen LogP contribution >= 0.6 is 0 Å². The highest BCUT2D eigenvalue weighted by molar-refractivity contribution is 5.76. The van der Waals surface area contributed by atoms with Gasteiger partial charge in [-0.15, -0.1) is 0 Å². The number of benzene rings is 2. The maximum absolute atomic E-state index is 14.5. The number of hydrogen-bond acceptors (Lipinski definition) is 2. The van der Waals surface area contributed by atoms with E-state index in [9.17, 15) is 18.0 Å². The smallest absolute Gasteiger partial charge is 0.222 e. The minimum absolute atomic E-state index is 0.0541. The van der Waals surface area contributed by atoms with Gasteiger partial charge in [0.2, 0.25) is 5.91 Å². The summed E-state index contributed by atoms with van der Waals surface area (Å²) in [4.78, 5) is 14.6. The number of carbonyl (C=O) groups is 1. The molecule has 0 aromatic heterocycles. The van der Waals surface area contributed by atoms with Gasteiger partial charge in [-0.2, -0.15) is 0 Å². The molecule has 0 saturated heterocycles. The van der Waals surface area contributed by atoms with Crippen molar-refractivity contribution in [2.45, 2.75) is 50.9 Å². The van der Waals surface area contributed by atoms with Crippen molar-refractivity contribution in [1.82, 2.24) is 10.2 Å². The van der Waals surface area contributed by atoms with Gasteiger partial charge in [-0.25, -0.2) is 13.2 Å². The van der Waals surface area contributed by atoms with Gasteiger partial charge in [0, 0.05) is 17.5 Å². The number of nitrogens with zero attached hydrogens (tertiary/aromatic N) is 1. The summed E-state index contributed by atoms with van der Waals surface area (Å²) < 4.78 is 41.5. The normalized spacial score (nSPS) is 22.7. The highest BCUT2D eigenvalue weighted by Gasteiger charge is 2.39. The monoisotopic (exact) mass is 418 g/mol. The molecule has 1 aliphatic rings. The molecule has 2 aromatic rings. The molecule has 3 rings (SSSR count). The second kappa shape index (κ2) is 9.21. The molecule has 30 heavy (non-hydrogen) atoms. The average Bonchev–Trinajstić information content (AvgIpc) is 2.73. The van der Waals surface area contributed by atoms with Gasteiger partial charge in [0.05, 0.1) is 0 Å². The lowest BCUT2D eigenvalue weighted by Gasteiger charge is -2.45. The van der Waals surface area contributed by atoms with Crippen LogP contribution in [0.5, 0.6) is 0 Å². The van der Waals surface area contributed by atoms with E-state index in [-0.39, 0.29) is 29.0 Å². The first kappa shape index (κ1) is 22.3. The van der Waals surface area contributed by atoms with E-state index in [4.69, 9.17) is 0 Å². The Kier molecular flexibility index (Phi) is 6.86. The molecule has 0 aliphatic heterocycles. The molecule has 0 radical (unpaired) electrons. The average molecular weight is 419 g/mol. The summed E-state index contributed by atoms with van der Waals surface area (Å²) in [5.74, 6) is -2.36. The lowest BCUT2D eigenvalue weighted by atomic mass is 9.71. The van der Waals surface area contributed by atoms with Crippen molar-refractivity contribution < 1.29 is 18.0 Å². The van der Waals surface area contributed by atoms with Gasteiger partial charge in [-0.3, -0.25) is 9.69 Å². The molecular formula is C24H29F3N2O. The molecule has 2 aromatic carbocycles. The fourth-order valence-corrected chi connectivity index (χ4v) is 4.58. The molecule has 162 valence electrons. The van der Waals surface area contributed by atoms with Crippen molar-refractivity contribution in [2.75, 3.05) is 14.1 Å². The molecule has 0 spiro atoms. The maximum atomic E-state index is 14.5. The van der Waals surface area contributed by atoms with E-state index in [0.717, 1.165) is 31.7 Å². The van der Waals surface area contributed by atoms with Crippen LogP contribution in [0.25, 0.3) is 0 Å². The molecule has 0 bridgehead atoms. The van der Waals surface area contributed by atoms with Gasteiger partial charge in [-0.1, -0.05) is 36.4 Å². The molecule has 0 heterocycles. The predicted octanol–water partition coefficient (Wildman–Crippen LogP) is 5.39. The summed E-state index contributed by atoms with van der Waals surface area (Å²) in [5.41, 5.74) is 1.04. The Balaban J connectivity index is 1.59. The van der Waals surface area contributed by atoms with Gasteiger partial charge < -0.3 is 5.32 Å². The topological polar surface area (TPSA) is 32.3 Å². The van der Waals surface area contributed by atoms with E-state index in [1.165, 1.54) is 18.6 Å². The Hall–Kier alpha value is -2.34. The molecule has 1 amide bonds. The first-order valence-corrected chi connectivity index (χ1v) is 10.4. The second-order valence-electron chi connectivity index (χ2n) is 8.45. The quantitative estimate of drug-likeness (QED) is 0.638. The Morgan fingerprint density at radius 3 is 2.37 bits per heavy atom. The highest BCUT2D eigenvalue weighted by Crippen LogP contribution is 2.43. The number of rotatable bonds is 6. The van der Waals surface area contributed by atoms with Crippen molar-refractivity contribution >= 4 is 5.91 Å². The van der Waals surface area contributed by atoms with E-state index in [0.29, 0.717) is 0 Å². The molecular weight excluding hydrogens is 389 g/mol. The summed E-state index contributed by atoms with van der Waals surface area (Å²) in [6, 6.07) is 12.4. The Morgan fingerprint density at radius 1 is 1.13 bits per heavy atom. The largest absolute Gasteiger partial charge is 0.323 e. The summed E-state index contributed by atoms with van der Waals surface area (Å²) in [6.07, 6.45) is 1.93. The van der Waals surface area contributed by atoms with Crippen molar-refractivity contribution in [2.24, 2.45) is 5.92 Å². The molecule has 1 saturated carbocycles. The van der Waals surface area contributed by atoms with Gasteiger partial charge >= 0.3 is 0 Å². The molecule has 6 heteroatoms. The van der Waals surface area contributed by atoms with Crippen LogP contribution < -0.4 is 5.32 Å². The van der Waals surface area contributed by atoms with E-state index in [1.54, 1.807) is 0 Å².